The van der Waals surface area contributed by atoms with Gasteiger partial charge in [-0.2, -0.15) is 0 Å². The Balaban J connectivity index is 1.97. The van der Waals surface area contributed by atoms with Gasteiger partial charge < -0.3 is 5.32 Å². The van der Waals surface area contributed by atoms with E-state index >= 15 is 0 Å². The fourth-order valence-corrected chi connectivity index (χ4v) is 1.68. The van der Waals surface area contributed by atoms with Gasteiger partial charge in [-0.15, -0.1) is 6.42 Å². The zero-order valence-corrected chi connectivity index (χ0v) is 11.1. The molecular formula is C14H15N5O. The summed E-state index contributed by atoms with van der Waals surface area (Å²) >= 11 is 0. The van der Waals surface area contributed by atoms with Gasteiger partial charge in [0.15, 0.2) is 0 Å². The van der Waals surface area contributed by atoms with Crippen LogP contribution in [0, 0.1) is 19.3 Å². The number of nitrogens with one attached hydrogen (secondary N) is 2. The number of carbonyl (C=O) groups excluding carboxylic acids is 1. The molecule has 6 heteroatoms. The summed E-state index contributed by atoms with van der Waals surface area (Å²) in [5.74, 6) is 3.85. The number of rotatable bonds is 5. The second-order valence-electron chi connectivity index (χ2n) is 4.11. The second-order valence-corrected chi connectivity index (χ2v) is 4.11. The van der Waals surface area contributed by atoms with E-state index in [1.807, 2.05) is 23.8 Å². The maximum Gasteiger partial charge on any atom is 0.238 e. The highest BCUT2D eigenvalue weighted by Crippen LogP contribution is 2.11. The molecule has 2 heterocycles. The van der Waals surface area contributed by atoms with Crippen LogP contribution in [0.5, 0.6) is 0 Å². The van der Waals surface area contributed by atoms with Gasteiger partial charge in [0.2, 0.25) is 5.91 Å². The Kier molecular flexibility index (Phi) is 4.47. The summed E-state index contributed by atoms with van der Waals surface area (Å²) in [4.78, 5) is 20.0. The van der Waals surface area contributed by atoms with Crippen LogP contribution in [-0.4, -0.2) is 33.5 Å². The number of aryl methyl sites for hydroxylation is 1. The van der Waals surface area contributed by atoms with Gasteiger partial charge in [0.25, 0.3) is 0 Å². The third-order valence-corrected chi connectivity index (χ3v) is 2.62. The van der Waals surface area contributed by atoms with Gasteiger partial charge >= 0.3 is 0 Å². The Morgan fingerprint density at radius 1 is 1.45 bits per heavy atom. The molecule has 1 amide bonds. The number of aromatic nitrogens is 3. The number of nitrogens with zero attached hydrogens (tertiary/aromatic N) is 3. The van der Waals surface area contributed by atoms with Crippen LogP contribution >= 0.6 is 0 Å². The third kappa shape index (κ3) is 3.43. The van der Waals surface area contributed by atoms with Gasteiger partial charge in [0.1, 0.15) is 11.6 Å². The first-order valence-electron chi connectivity index (χ1n) is 6.11. The number of hydrogen-bond donors (Lipinski definition) is 2. The number of imidazole rings is 1. The second kappa shape index (κ2) is 6.50. The summed E-state index contributed by atoms with van der Waals surface area (Å²) in [5, 5.41) is 5.55. The standard InChI is InChI=1S/C14H15N5O/c1-3-6-15-10-14(20)18-12-4-5-13(17-9-12)19-8-7-16-11(19)2/h1,4-5,7-9,15H,6,10H2,2H3,(H,18,20). The van der Waals surface area contributed by atoms with E-state index in [-0.39, 0.29) is 12.5 Å². The van der Waals surface area contributed by atoms with Crippen molar-refractivity contribution in [2.45, 2.75) is 6.92 Å². The lowest BCUT2D eigenvalue weighted by atomic mass is 10.4. The predicted octanol–water partition coefficient (Wildman–Crippen LogP) is 0.737. The Morgan fingerprint density at radius 3 is 2.90 bits per heavy atom. The molecule has 2 aromatic heterocycles. The average Bonchev–Trinajstić information content (AvgIpc) is 2.86. The Bertz CT molecular complexity index is 624. The van der Waals surface area contributed by atoms with Crippen molar-refractivity contribution in [3.05, 3.63) is 36.5 Å². The molecule has 6 nitrogen and oxygen atoms in total. The summed E-state index contributed by atoms with van der Waals surface area (Å²) in [7, 11) is 0. The summed E-state index contributed by atoms with van der Waals surface area (Å²) in [6, 6.07) is 3.61. The quantitative estimate of drug-likeness (QED) is 0.620. The highest BCUT2D eigenvalue weighted by Gasteiger charge is 2.04. The fourth-order valence-electron chi connectivity index (χ4n) is 1.68. The Labute approximate surface area is 117 Å². The van der Waals surface area contributed by atoms with E-state index in [1.54, 1.807) is 18.5 Å². The number of terminal acetylenes is 1. The molecule has 2 N–H and O–H groups in total. The van der Waals surface area contributed by atoms with Crippen molar-refractivity contribution in [3.8, 4) is 18.2 Å². The molecule has 2 rings (SSSR count). The van der Waals surface area contributed by atoms with Gasteiger partial charge in [-0.25, -0.2) is 9.97 Å². The number of pyridine rings is 1. The summed E-state index contributed by atoms with van der Waals surface area (Å²) in [5.41, 5.74) is 0.638. The first-order valence-corrected chi connectivity index (χ1v) is 6.11. The molecular weight excluding hydrogens is 254 g/mol. The maximum atomic E-state index is 11.6. The topological polar surface area (TPSA) is 71.8 Å². The summed E-state index contributed by atoms with van der Waals surface area (Å²) < 4.78 is 1.86. The van der Waals surface area contributed by atoms with Crippen molar-refractivity contribution in [3.63, 3.8) is 0 Å². The predicted molar refractivity (Wildman–Crippen MR) is 76.4 cm³/mol. The number of carbonyl (C=O) groups is 1. The van der Waals surface area contributed by atoms with E-state index in [4.69, 9.17) is 6.42 Å². The van der Waals surface area contributed by atoms with E-state index in [0.717, 1.165) is 11.6 Å². The molecule has 0 aromatic carbocycles. The summed E-state index contributed by atoms with van der Waals surface area (Å²) in [6.45, 7) is 2.44. The van der Waals surface area contributed by atoms with E-state index in [2.05, 4.69) is 26.5 Å². The van der Waals surface area contributed by atoms with Gasteiger partial charge in [-0.05, 0) is 19.1 Å². The van der Waals surface area contributed by atoms with Gasteiger partial charge in [-0.1, -0.05) is 5.92 Å². The molecule has 20 heavy (non-hydrogen) atoms. The molecule has 0 aliphatic rings. The smallest absolute Gasteiger partial charge is 0.238 e. The van der Waals surface area contributed by atoms with Crippen molar-refractivity contribution in [2.24, 2.45) is 0 Å². The summed E-state index contributed by atoms with van der Waals surface area (Å²) in [6.07, 6.45) is 10.2. The zero-order chi connectivity index (χ0) is 14.4. The monoisotopic (exact) mass is 269 g/mol. The van der Waals surface area contributed by atoms with E-state index in [0.29, 0.717) is 12.2 Å². The van der Waals surface area contributed by atoms with Crippen molar-refractivity contribution >= 4 is 11.6 Å². The number of anilines is 1. The average molecular weight is 269 g/mol. The van der Waals surface area contributed by atoms with Crippen LogP contribution in [-0.2, 0) is 4.79 Å². The van der Waals surface area contributed by atoms with Crippen molar-refractivity contribution in [1.82, 2.24) is 19.9 Å². The number of amides is 1. The minimum Gasteiger partial charge on any atom is -0.324 e. The van der Waals surface area contributed by atoms with Gasteiger partial charge in [0.05, 0.1) is 25.0 Å². The molecule has 0 aliphatic heterocycles. The van der Waals surface area contributed by atoms with Gasteiger partial charge in [-0.3, -0.25) is 14.7 Å². The molecule has 102 valence electrons. The van der Waals surface area contributed by atoms with Crippen LogP contribution in [0.4, 0.5) is 5.69 Å². The van der Waals surface area contributed by atoms with Crippen LogP contribution in [0.3, 0.4) is 0 Å². The minimum atomic E-state index is -0.159. The van der Waals surface area contributed by atoms with Crippen molar-refractivity contribution < 1.29 is 4.79 Å². The Morgan fingerprint density at radius 2 is 2.30 bits per heavy atom. The molecule has 0 bridgehead atoms. The first-order chi connectivity index (χ1) is 9.70. The first kappa shape index (κ1) is 13.8. The van der Waals surface area contributed by atoms with Crippen LogP contribution in [0.15, 0.2) is 30.7 Å². The van der Waals surface area contributed by atoms with Crippen molar-refractivity contribution in [2.75, 3.05) is 18.4 Å². The molecule has 0 aliphatic carbocycles. The van der Waals surface area contributed by atoms with E-state index in [9.17, 15) is 4.79 Å². The van der Waals surface area contributed by atoms with Crippen LogP contribution in [0.1, 0.15) is 5.82 Å². The van der Waals surface area contributed by atoms with E-state index in [1.165, 1.54) is 0 Å². The SMILES string of the molecule is C#CCNCC(=O)Nc1ccc(-n2ccnc2C)nc1. The highest BCUT2D eigenvalue weighted by molar-refractivity contribution is 5.92. The lowest BCUT2D eigenvalue weighted by Crippen LogP contribution is -2.28. The largest absolute Gasteiger partial charge is 0.324 e. The third-order valence-electron chi connectivity index (χ3n) is 2.62. The molecule has 0 radical (unpaired) electrons. The lowest BCUT2D eigenvalue weighted by molar-refractivity contribution is -0.115. The van der Waals surface area contributed by atoms with Crippen LogP contribution < -0.4 is 10.6 Å². The molecule has 0 fully saturated rings. The van der Waals surface area contributed by atoms with E-state index < -0.39 is 0 Å². The minimum absolute atomic E-state index is 0.159. The maximum absolute atomic E-state index is 11.6. The molecule has 0 saturated heterocycles. The molecule has 0 spiro atoms. The van der Waals surface area contributed by atoms with Crippen molar-refractivity contribution in [1.29, 1.82) is 0 Å². The molecule has 0 unspecified atom stereocenters. The number of hydrogen-bond acceptors (Lipinski definition) is 4. The normalized spacial score (nSPS) is 10.0. The molecule has 0 saturated carbocycles. The lowest BCUT2D eigenvalue weighted by Gasteiger charge is -2.07. The fraction of sp³-hybridized carbons (Fsp3) is 0.214. The Hall–Kier alpha value is -2.65. The molecule has 0 atom stereocenters. The van der Waals surface area contributed by atoms with Crippen LogP contribution in [0.25, 0.3) is 5.82 Å². The molecule has 2 aromatic rings. The van der Waals surface area contributed by atoms with Crippen LogP contribution in [0.2, 0.25) is 0 Å². The highest BCUT2D eigenvalue weighted by atomic mass is 16.1. The van der Waals surface area contributed by atoms with Gasteiger partial charge in [0, 0.05) is 12.4 Å². The zero-order valence-electron chi connectivity index (χ0n) is 11.1.